The average Bonchev–Trinajstić information content (AvgIpc) is 2.34. The van der Waals surface area contributed by atoms with E-state index in [1.807, 2.05) is 0 Å². The minimum absolute atomic E-state index is 0.270. The van der Waals surface area contributed by atoms with Crippen LogP contribution < -0.4 is 5.32 Å². The van der Waals surface area contributed by atoms with Crippen molar-refractivity contribution >= 4 is 33.4 Å². The van der Waals surface area contributed by atoms with Gasteiger partial charge in [0.15, 0.2) is 6.29 Å². The molecule has 1 amide bonds. The highest BCUT2D eigenvalue weighted by Crippen LogP contribution is 2.25. The predicted octanol–water partition coefficient (Wildman–Crippen LogP) is 2.84. The van der Waals surface area contributed by atoms with Crippen molar-refractivity contribution in [2.24, 2.45) is 0 Å². The Kier molecular flexibility index (Phi) is 6.08. The van der Waals surface area contributed by atoms with Crippen molar-refractivity contribution in [1.29, 1.82) is 0 Å². The molecule has 1 rings (SSSR count). The number of amides is 1. The van der Waals surface area contributed by atoms with Crippen molar-refractivity contribution in [2.45, 2.75) is 19.3 Å². The molecule has 4 nitrogen and oxygen atoms in total. The van der Waals surface area contributed by atoms with Crippen LogP contribution >= 0.6 is 27.5 Å². The van der Waals surface area contributed by atoms with E-state index in [9.17, 15) is 4.79 Å². The van der Waals surface area contributed by atoms with E-state index in [0.29, 0.717) is 15.1 Å². The van der Waals surface area contributed by atoms with E-state index < -0.39 is 6.29 Å². The summed E-state index contributed by atoms with van der Waals surface area (Å²) in [5, 5.41) is 3.15. The molecule has 0 spiro atoms. The average molecular weight is 337 g/mol. The first-order valence-electron chi connectivity index (χ1n) is 5.31. The van der Waals surface area contributed by atoms with Crippen LogP contribution in [0.15, 0.2) is 22.7 Å². The molecular weight excluding hydrogens is 321 g/mol. The Morgan fingerprint density at radius 2 is 2.00 bits per heavy atom. The molecule has 0 bridgehead atoms. The topological polar surface area (TPSA) is 47.6 Å². The third-order valence-electron chi connectivity index (χ3n) is 2.43. The summed E-state index contributed by atoms with van der Waals surface area (Å²) in [5.41, 5.74) is 0.406. The van der Waals surface area contributed by atoms with Crippen LogP contribution in [0.3, 0.4) is 0 Å². The lowest BCUT2D eigenvalue weighted by molar-refractivity contribution is -0.117. The molecule has 1 aromatic carbocycles. The Balaban J connectivity index is 2.79. The fourth-order valence-electron chi connectivity index (χ4n) is 1.54. The van der Waals surface area contributed by atoms with Crippen LogP contribution in [0.1, 0.15) is 17.3 Å². The van der Waals surface area contributed by atoms with Gasteiger partial charge >= 0.3 is 0 Å². The lowest BCUT2D eigenvalue weighted by atomic mass is 10.2. The molecule has 0 radical (unpaired) electrons. The number of nitrogens with one attached hydrogen (secondary N) is 1. The van der Waals surface area contributed by atoms with Gasteiger partial charge in [-0.3, -0.25) is 4.79 Å². The first-order chi connectivity index (χ1) is 8.51. The molecule has 1 N–H and O–H groups in total. The van der Waals surface area contributed by atoms with E-state index in [0.717, 1.165) is 0 Å². The molecule has 0 saturated carbocycles. The summed E-state index contributed by atoms with van der Waals surface area (Å²) in [6.45, 7) is 1.79. The number of hydrogen-bond acceptors (Lipinski definition) is 3. The minimum atomic E-state index is -0.500. The molecule has 0 heterocycles. The fraction of sp³-hybridized carbons (Fsp3) is 0.417. The molecule has 0 fully saturated rings. The molecule has 1 unspecified atom stereocenters. The van der Waals surface area contributed by atoms with Crippen molar-refractivity contribution in [1.82, 2.24) is 5.32 Å². The smallest absolute Gasteiger partial charge is 0.253 e. The SMILES string of the molecule is COC(OC)C(C)NC(=O)c1cccc(Br)c1Cl. The summed E-state index contributed by atoms with van der Waals surface area (Å²) in [4.78, 5) is 12.0. The second kappa shape index (κ2) is 7.09. The van der Waals surface area contributed by atoms with Crippen molar-refractivity contribution in [2.75, 3.05) is 14.2 Å². The molecular formula is C12H15BrClNO3. The molecule has 1 atom stereocenters. The second-order valence-electron chi connectivity index (χ2n) is 3.70. The third-order valence-corrected chi connectivity index (χ3v) is 3.72. The van der Waals surface area contributed by atoms with Gasteiger partial charge in [-0.15, -0.1) is 0 Å². The fourth-order valence-corrected chi connectivity index (χ4v) is 2.11. The van der Waals surface area contributed by atoms with Crippen LogP contribution in [-0.4, -0.2) is 32.5 Å². The predicted molar refractivity (Wildman–Crippen MR) is 73.9 cm³/mol. The van der Waals surface area contributed by atoms with Crippen LogP contribution in [0.25, 0.3) is 0 Å². The first-order valence-corrected chi connectivity index (χ1v) is 6.48. The summed E-state index contributed by atoms with van der Waals surface area (Å²) >= 11 is 9.32. The van der Waals surface area contributed by atoms with Crippen LogP contribution in [0.2, 0.25) is 5.02 Å². The monoisotopic (exact) mass is 335 g/mol. The van der Waals surface area contributed by atoms with Gasteiger partial charge in [-0.2, -0.15) is 0 Å². The van der Waals surface area contributed by atoms with E-state index in [1.54, 1.807) is 25.1 Å². The Morgan fingerprint density at radius 1 is 1.39 bits per heavy atom. The number of hydrogen-bond donors (Lipinski definition) is 1. The molecule has 0 saturated heterocycles. The molecule has 100 valence electrons. The molecule has 18 heavy (non-hydrogen) atoms. The Bertz CT molecular complexity index is 424. The van der Waals surface area contributed by atoms with E-state index >= 15 is 0 Å². The van der Waals surface area contributed by atoms with Crippen LogP contribution in [0, 0.1) is 0 Å². The molecule has 6 heteroatoms. The lowest BCUT2D eigenvalue weighted by Crippen LogP contribution is -2.43. The van der Waals surface area contributed by atoms with Gasteiger partial charge < -0.3 is 14.8 Å². The Morgan fingerprint density at radius 3 is 2.56 bits per heavy atom. The van der Waals surface area contributed by atoms with Crippen molar-refractivity contribution in [3.05, 3.63) is 33.3 Å². The van der Waals surface area contributed by atoms with Crippen molar-refractivity contribution in [3.63, 3.8) is 0 Å². The van der Waals surface area contributed by atoms with Gasteiger partial charge in [0.25, 0.3) is 5.91 Å². The summed E-state index contributed by atoms with van der Waals surface area (Å²) in [6.07, 6.45) is -0.500. The zero-order chi connectivity index (χ0) is 13.7. The molecule has 0 aromatic heterocycles. The van der Waals surface area contributed by atoms with Gasteiger partial charge in [-0.1, -0.05) is 17.7 Å². The van der Waals surface area contributed by atoms with Gasteiger partial charge in [-0.25, -0.2) is 0 Å². The number of ether oxygens (including phenoxy) is 2. The molecule has 1 aromatic rings. The van der Waals surface area contributed by atoms with E-state index in [4.69, 9.17) is 21.1 Å². The number of carbonyl (C=O) groups excluding carboxylic acids is 1. The summed E-state index contributed by atoms with van der Waals surface area (Å²) < 4.78 is 10.8. The zero-order valence-electron chi connectivity index (χ0n) is 10.4. The van der Waals surface area contributed by atoms with Gasteiger partial charge in [-0.05, 0) is 35.0 Å². The van der Waals surface area contributed by atoms with Crippen LogP contribution in [0.5, 0.6) is 0 Å². The first kappa shape index (κ1) is 15.4. The number of benzene rings is 1. The van der Waals surface area contributed by atoms with Gasteiger partial charge in [0.2, 0.25) is 0 Å². The molecule has 0 aliphatic carbocycles. The minimum Gasteiger partial charge on any atom is -0.354 e. The summed E-state index contributed by atoms with van der Waals surface area (Å²) in [6, 6.07) is 4.89. The van der Waals surface area contributed by atoms with Crippen LogP contribution in [0.4, 0.5) is 0 Å². The van der Waals surface area contributed by atoms with E-state index in [2.05, 4.69) is 21.2 Å². The van der Waals surface area contributed by atoms with Gasteiger partial charge in [0.1, 0.15) is 0 Å². The van der Waals surface area contributed by atoms with Crippen LogP contribution in [-0.2, 0) is 9.47 Å². The maximum Gasteiger partial charge on any atom is 0.253 e. The number of carbonyl (C=O) groups is 1. The second-order valence-corrected chi connectivity index (χ2v) is 4.94. The lowest BCUT2D eigenvalue weighted by Gasteiger charge is -2.22. The number of rotatable bonds is 5. The molecule has 0 aliphatic rings. The van der Waals surface area contributed by atoms with Crippen molar-refractivity contribution in [3.8, 4) is 0 Å². The highest BCUT2D eigenvalue weighted by molar-refractivity contribution is 9.10. The van der Waals surface area contributed by atoms with Gasteiger partial charge in [0, 0.05) is 18.7 Å². The molecule has 0 aliphatic heterocycles. The quantitative estimate of drug-likeness (QED) is 0.841. The third kappa shape index (κ3) is 3.68. The standard InChI is InChI=1S/C12H15BrClNO3/c1-7(12(17-2)18-3)15-11(16)8-5-4-6-9(13)10(8)14/h4-7,12H,1-3H3,(H,15,16). The van der Waals surface area contributed by atoms with E-state index in [1.165, 1.54) is 14.2 Å². The number of methoxy groups -OCH3 is 2. The normalized spacial score (nSPS) is 12.6. The number of halogens is 2. The Labute approximate surface area is 120 Å². The van der Waals surface area contributed by atoms with Gasteiger partial charge in [0.05, 0.1) is 16.6 Å². The van der Waals surface area contributed by atoms with Crippen molar-refractivity contribution < 1.29 is 14.3 Å². The zero-order valence-corrected chi connectivity index (χ0v) is 12.7. The Hall–Kier alpha value is -0.620. The highest BCUT2D eigenvalue weighted by atomic mass is 79.9. The maximum absolute atomic E-state index is 12.0. The summed E-state index contributed by atoms with van der Waals surface area (Å²) in [7, 11) is 3.03. The highest BCUT2D eigenvalue weighted by Gasteiger charge is 2.20. The maximum atomic E-state index is 12.0. The van der Waals surface area contributed by atoms with E-state index in [-0.39, 0.29) is 11.9 Å². The summed E-state index contributed by atoms with van der Waals surface area (Å²) in [5.74, 6) is -0.270. The largest absolute Gasteiger partial charge is 0.354 e.